The predicted octanol–water partition coefficient (Wildman–Crippen LogP) is 3.58. The molecule has 0 bridgehead atoms. The van der Waals surface area contributed by atoms with E-state index in [1.165, 1.54) is 12.1 Å². The van der Waals surface area contributed by atoms with Crippen molar-refractivity contribution in [2.45, 2.75) is 52.0 Å². The summed E-state index contributed by atoms with van der Waals surface area (Å²) in [6.45, 7) is 5.61. The third kappa shape index (κ3) is 6.69. The van der Waals surface area contributed by atoms with E-state index in [1.807, 2.05) is 16.5 Å². The molecule has 1 N–H and O–H groups in total. The number of aryl methyl sites for hydroxylation is 1. The van der Waals surface area contributed by atoms with Gasteiger partial charge in [0.1, 0.15) is 17.7 Å². The predicted molar refractivity (Wildman–Crippen MR) is 111 cm³/mol. The SMILES string of the molecule is CCCN(CCC)C(=O)CCCC(=O)NC(c1ccc(F)cc1)c1nccn1C. The molecule has 2 rings (SSSR count). The molecule has 2 amide bonds. The number of nitrogens with zero attached hydrogens (tertiary/aromatic N) is 3. The first-order valence-electron chi connectivity index (χ1n) is 10.3. The molecule has 0 spiro atoms. The van der Waals surface area contributed by atoms with Crippen molar-refractivity contribution < 1.29 is 14.0 Å². The first kappa shape index (κ1) is 22.6. The van der Waals surface area contributed by atoms with Gasteiger partial charge in [0.05, 0.1) is 0 Å². The van der Waals surface area contributed by atoms with Crippen molar-refractivity contribution in [3.63, 3.8) is 0 Å². The average molecular weight is 403 g/mol. The third-order valence-electron chi connectivity index (χ3n) is 4.76. The van der Waals surface area contributed by atoms with Crippen LogP contribution in [0.15, 0.2) is 36.7 Å². The summed E-state index contributed by atoms with van der Waals surface area (Å²) in [5.41, 5.74) is 0.752. The highest BCUT2D eigenvalue weighted by Crippen LogP contribution is 2.21. The summed E-state index contributed by atoms with van der Waals surface area (Å²) in [5.74, 6) is 0.271. The second kappa shape index (κ2) is 11.3. The minimum absolute atomic E-state index is 0.0979. The summed E-state index contributed by atoms with van der Waals surface area (Å²) in [6.07, 6.45) is 6.41. The van der Waals surface area contributed by atoms with Gasteiger partial charge in [0.15, 0.2) is 0 Å². The van der Waals surface area contributed by atoms with Gasteiger partial charge in [-0.25, -0.2) is 9.37 Å². The fraction of sp³-hybridized carbons (Fsp3) is 0.500. The molecule has 158 valence electrons. The number of benzene rings is 1. The lowest BCUT2D eigenvalue weighted by Crippen LogP contribution is -2.33. The molecule has 0 saturated heterocycles. The van der Waals surface area contributed by atoms with E-state index in [9.17, 15) is 14.0 Å². The topological polar surface area (TPSA) is 67.2 Å². The summed E-state index contributed by atoms with van der Waals surface area (Å²) in [5, 5.41) is 2.98. The van der Waals surface area contributed by atoms with E-state index in [2.05, 4.69) is 24.1 Å². The van der Waals surface area contributed by atoms with Crippen LogP contribution in [0.2, 0.25) is 0 Å². The number of hydrogen-bond donors (Lipinski definition) is 1. The lowest BCUT2D eigenvalue weighted by Gasteiger charge is -2.22. The number of rotatable bonds is 11. The Morgan fingerprint density at radius 2 is 1.79 bits per heavy atom. The monoisotopic (exact) mass is 402 g/mol. The summed E-state index contributed by atoms with van der Waals surface area (Å²) in [6, 6.07) is 5.55. The number of nitrogens with one attached hydrogen (secondary N) is 1. The van der Waals surface area contributed by atoms with Crippen molar-refractivity contribution in [2.75, 3.05) is 13.1 Å². The van der Waals surface area contributed by atoms with Crippen molar-refractivity contribution in [3.05, 3.63) is 53.9 Å². The largest absolute Gasteiger partial charge is 0.343 e. The molecule has 1 atom stereocenters. The number of hydrogen-bond acceptors (Lipinski definition) is 3. The summed E-state index contributed by atoms with van der Waals surface area (Å²) in [7, 11) is 1.85. The van der Waals surface area contributed by atoms with Crippen molar-refractivity contribution in [3.8, 4) is 0 Å². The fourth-order valence-corrected chi connectivity index (χ4v) is 3.30. The molecule has 0 fully saturated rings. The fourth-order valence-electron chi connectivity index (χ4n) is 3.30. The molecule has 0 aliphatic heterocycles. The zero-order valence-electron chi connectivity index (χ0n) is 17.5. The Labute approximate surface area is 172 Å². The Hall–Kier alpha value is -2.70. The van der Waals surface area contributed by atoms with Crippen LogP contribution in [-0.4, -0.2) is 39.4 Å². The second-order valence-corrected chi connectivity index (χ2v) is 7.18. The molecule has 0 aliphatic carbocycles. The molecule has 1 aromatic heterocycles. The number of carbonyl (C=O) groups is 2. The second-order valence-electron chi connectivity index (χ2n) is 7.18. The minimum Gasteiger partial charge on any atom is -0.343 e. The van der Waals surface area contributed by atoms with Gasteiger partial charge in [0.25, 0.3) is 0 Å². The summed E-state index contributed by atoms with van der Waals surface area (Å²) < 4.78 is 15.1. The first-order valence-corrected chi connectivity index (χ1v) is 10.3. The Morgan fingerprint density at radius 3 is 2.34 bits per heavy atom. The molecule has 7 heteroatoms. The van der Waals surface area contributed by atoms with E-state index in [0.29, 0.717) is 18.7 Å². The molecular weight excluding hydrogens is 371 g/mol. The van der Waals surface area contributed by atoms with E-state index in [4.69, 9.17) is 0 Å². The Morgan fingerprint density at radius 1 is 1.14 bits per heavy atom. The number of halogens is 1. The molecule has 29 heavy (non-hydrogen) atoms. The van der Waals surface area contributed by atoms with Gasteiger partial charge in [-0.2, -0.15) is 0 Å². The van der Waals surface area contributed by atoms with E-state index in [1.54, 1.807) is 24.5 Å². The van der Waals surface area contributed by atoms with Gasteiger partial charge in [0.2, 0.25) is 11.8 Å². The smallest absolute Gasteiger partial charge is 0.222 e. The highest BCUT2D eigenvalue weighted by Gasteiger charge is 2.21. The van der Waals surface area contributed by atoms with Gasteiger partial charge in [0, 0.05) is 45.4 Å². The molecule has 2 aromatic rings. The number of aromatic nitrogens is 2. The van der Waals surface area contributed by atoms with Crippen LogP contribution >= 0.6 is 0 Å². The number of carbonyl (C=O) groups excluding carboxylic acids is 2. The summed E-state index contributed by atoms with van der Waals surface area (Å²) in [4.78, 5) is 31.1. The normalized spacial score (nSPS) is 11.9. The van der Waals surface area contributed by atoms with Gasteiger partial charge in [-0.05, 0) is 37.0 Å². The summed E-state index contributed by atoms with van der Waals surface area (Å²) >= 11 is 0. The molecule has 0 saturated carbocycles. The highest BCUT2D eigenvalue weighted by molar-refractivity contribution is 5.79. The Bertz CT molecular complexity index is 782. The van der Waals surface area contributed by atoms with Crippen LogP contribution in [0, 0.1) is 5.82 Å². The zero-order chi connectivity index (χ0) is 21.2. The molecule has 6 nitrogen and oxygen atoms in total. The van der Waals surface area contributed by atoms with Gasteiger partial charge < -0.3 is 14.8 Å². The van der Waals surface area contributed by atoms with Crippen LogP contribution in [0.3, 0.4) is 0 Å². The van der Waals surface area contributed by atoms with Gasteiger partial charge in [-0.1, -0.05) is 26.0 Å². The van der Waals surface area contributed by atoms with Gasteiger partial charge in [-0.3, -0.25) is 9.59 Å². The number of amides is 2. The molecule has 1 aromatic carbocycles. The van der Waals surface area contributed by atoms with E-state index in [0.717, 1.165) is 31.5 Å². The molecular formula is C22H31FN4O2. The first-order chi connectivity index (χ1) is 14.0. The van der Waals surface area contributed by atoms with E-state index >= 15 is 0 Å². The molecule has 0 radical (unpaired) electrons. The van der Waals surface area contributed by atoms with Crippen LogP contribution < -0.4 is 5.32 Å². The van der Waals surface area contributed by atoms with Crippen molar-refractivity contribution in [1.29, 1.82) is 0 Å². The van der Waals surface area contributed by atoms with Crippen LogP contribution in [-0.2, 0) is 16.6 Å². The zero-order valence-corrected chi connectivity index (χ0v) is 17.5. The maximum atomic E-state index is 13.3. The molecule has 1 unspecified atom stereocenters. The quantitative estimate of drug-likeness (QED) is 0.625. The maximum Gasteiger partial charge on any atom is 0.222 e. The van der Waals surface area contributed by atoms with Gasteiger partial charge >= 0.3 is 0 Å². The van der Waals surface area contributed by atoms with Gasteiger partial charge in [-0.15, -0.1) is 0 Å². The van der Waals surface area contributed by atoms with Crippen LogP contribution in [0.5, 0.6) is 0 Å². The third-order valence-corrected chi connectivity index (χ3v) is 4.76. The van der Waals surface area contributed by atoms with Crippen LogP contribution in [0.25, 0.3) is 0 Å². The Balaban J connectivity index is 1.97. The number of imidazole rings is 1. The van der Waals surface area contributed by atoms with E-state index < -0.39 is 6.04 Å². The standard InChI is InChI=1S/C22H31FN4O2/c1-4-14-27(15-5-2)20(29)8-6-7-19(28)25-21(22-24-13-16-26(22)3)17-9-11-18(23)12-10-17/h9-13,16,21H,4-8,14-15H2,1-3H3,(H,25,28). The van der Waals surface area contributed by atoms with Crippen molar-refractivity contribution in [2.24, 2.45) is 7.05 Å². The highest BCUT2D eigenvalue weighted by atomic mass is 19.1. The maximum absolute atomic E-state index is 13.3. The van der Waals surface area contributed by atoms with Crippen molar-refractivity contribution >= 4 is 11.8 Å². The van der Waals surface area contributed by atoms with Crippen molar-refractivity contribution in [1.82, 2.24) is 19.8 Å². The van der Waals surface area contributed by atoms with Crippen LogP contribution in [0.1, 0.15) is 63.4 Å². The molecule has 0 aliphatic rings. The lowest BCUT2D eigenvalue weighted by molar-refractivity contribution is -0.131. The molecule has 1 heterocycles. The lowest BCUT2D eigenvalue weighted by atomic mass is 10.1. The van der Waals surface area contributed by atoms with Crippen LogP contribution in [0.4, 0.5) is 4.39 Å². The van der Waals surface area contributed by atoms with E-state index in [-0.39, 0.29) is 24.1 Å². The Kier molecular flexibility index (Phi) is 8.83. The average Bonchev–Trinajstić information content (AvgIpc) is 3.12. The minimum atomic E-state index is -0.476.